The second-order valence-corrected chi connectivity index (χ2v) is 5.32. The van der Waals surface area contributed by atoms with Crippen LogP contribution in [-0.4, -0.2) is 9.97 Å². The van der Waals surface area contributed by atoms with E-state index in [0.717, 1.165) is 21.7 Å². The number of nitrogens with zero attached hydrogens (tertiary/aromatic N) is 1. The Hall–Kier alpha value is -1.20. The maximum Gasteiger partial charge on any atom is 0.260 e. The molecule has 1 N–H and O–H groups in total. The summed E-state index contributed by atoms with van der Waals surface area (Å²) in [4.78, 5) is 19.0. The third-order valence-corrected chi connectivity index (χ3v) is 3.90. The Morgan fingerprint density at radius 2 is 2.00 bits per heavy atom. The van der Waals surface area contributed by atoms with E-state index in [1.807, 2.05) is 30.3 Å². The molecule has 0 amide bonds. The van der Waals surface area contributed by atoms with Gasteiger partial charge in [0, 0.05) is 5.33 Å². The van der Waals surface area contributed by atoms with Crippen molar-refractivity contribution in [1.29, 1.82) is 0 Å². The standard InChI is InChI=1S/C13H8Br2N2O/c14-6-7-1-2-8-3-4-10-11(9(8)5-7)12(18)17-13(15)16-10/h1-5H,6H2,(H,16,17,18). The van der Waals surface area contributed by atoms with Crippen molar-refractivity contribution in [2.45, 2.75) is 5.33 Å². The van der Waals surface area contributed by atoms with Gasteiger partial charge in [-0.05, 0) is 44.4 Å². The SMILES string of the molecule is O=c1[nH]c(Br)nc2ccc3ccc(CBr)cc3c12. The first-order valence-electron chi connectivity index (χ1n) is 5.36. The summed E-state index contributed by atoms with van der Waals surface area (Å²) in [5, 5.41) is 3.38. The molecule has 0 radical (unpaired) electrons. The van der Waals surface area contributed by atoms with E-state index in [9.17, 15) is 4.79 Å². The van der Waals surface area contributed by atoms with Gasteiger partial charge in [0.25, 0.3) is 5.56 Å². The highest BCUT2D eigenvalue weighted by Crippen LogP contribution is 2.24. The van der Waals surface area contributed by atoms with Crippen molar-refractivity contribution in [1.82, 2.24) is 9.97 Å². The van der Waals surface area contributed by atoms with Crippen molar-refractivity contribution in [2.75, 3.05) is 0 Å². The predicted octanol–water partition coefficient (Wildman–Crippen LogP) is 3.73. The number of hydrogen-bond donors (Lipinski definition) is 1. The Labute approximate surface area is 119 Å². The fourth-order valence-electron chi connectivity index (χ4n) is 2.06. The van der Waals surface area contributed by atoms with Crippen LogP contribution in [-0.2, 0) is 5.33 Å². The van der Waals surface area contributed by atoms with Crippen molar-refractivity contribution in [3.8, 4) is 0 Å². The lowest BCUT2D eigenvalue weighted by atomic mass is 10.0. The van der Waals surface area contributed by atoms with Gasteiger partial charge in [-0.1, -0.05) is 34.1 Å². The monoisotopic (exact) mass is 366 g/mol. The first-order chi connectivity index (χ1) is 8.69. The Balaban J connectivity index is 2.54. The maximum atomic E-state index is 12.1. The molecule has 0 atom stereocenters. The van der Waals surface area contributed by atoms with Crippen molar-refractivity contribution in [3.05, 3.63) is 51.0 Å². The number of benzene rings is 2. The lowest BCUT2D eigenvalue weighted by molar-refractivity contribution is 1.12. The van der Waals surface area contributed by atoms with E-state index in [-0.39, 0.29) is 5.56 Å². The largest absolute Gasteiger partial charge is 0.301 e. The first kappa shape index (κ1) is 11.9. The molecule has 3 rings (SSSR count). The van der Waals surface area contributed by atoms with Crippen molar-refractivity contribution in [3.63, 3.8) is 0 Å². The smallest absolute Gasteiger partial charge is 0.260 e. The molecule has 0 fully saturated rings. The third-order valence-electron chi connectivity index (χ3n) is 2.88. The molecule has 3 nitrogen and oxygen atoms in total. The van der Waals surface area contributed by atoms with Gasteiger partial charge in [0.2, 0.25) is 0 Å². The van der Waals surface area contributed by atoms with Gasteiger partial charge in [-0.3, -0.25) is 4.79 Å². The highest BCUT2D eigenvalue weighted by molar-refractivity contribution is 9.10. The number of hydrogen-bond acceptors (Lipinski definition) is 2. The summed E-state index contributed by atoms with van der Waals surface area (Å²) in [6, 6.07) is 9.94. The minimum Gasteiger partial charge on any atom is -0.301 e. The summed E-state index contributed by atoms with van der Waals surface area (Å²) in [5.41, 5.74) is 1.71. The number of alkyl halides is 1. The maximum absolute atomic E-state index is 12.1. The van der Waals surface area contributed by atoms with Crippen LogP contribution >= 0.6 is 31.9 Å². The van der Waals surface area contributed by atoms with Gasteiger partial charge in [0.05, 0.1) is 10.9 Å². The first-order valence-corrected chi connectivity index (χ1v) is 7.27. The van der Waals surface area contributed by atoms with Crippen LogP contribution in [0.15, 0.2) is 39.9 Å². The van der Waals surface area contributed by atoms with Gasteiger partial charge in [0.15, 0.2) is 4.73 Å². The summed E-state index contributed by atoms with van der Waals surface area (Å²) in [5.74, 6) is 0. The average molecular weight is 368 g/mol. The fourth-order valence-corrected chi connectivity index (χ4v) is 2.78. The van der Waals surface area contributed by atoms with Gasteiger partial charge in [-0.2, -0.15) is 0 Å². The molecule has 5 heteroatoms. The number of halogens is 2. The molecule has 1 heterocycles. The molecule has 2 aromatic carbocycles. The van der Waals surface area contributed by atoms with Crippen LogP contribution in [0.3, 0.4) is 0 Å². The lowest BCUT2D eigenvalue weighted by Gasteiger charge is -2.04. The van der Waals surface area contributed by atoms with Gasteiger partial charge in [0.1, 0.15) is 0 Å². The molecule has 0 aliphatic heterocycles. The number of nitrogens with one attached hydrogen (secondary N) is 1. The van der Waals surface area contributed by atoms with Crippen LogP contribution in [0, 0.1) is 0 Å². The lowest BCUT2D eigenvalue weighted by Crippen LogP contribution is -2.08. The Kier molecular flexibility index (Phi) is 2.95. The minimum atomic E-state index is -0.121. The molecule has 0 unspecified atom stereocenters. The quantitative estimate of drug-likeness (QED) is 0.404. The van der Waals surface area contributed by atoms with Gasteiger partial charge in [-0.15, -0.1) is 0 Å². The van der Waals surface area contributed by atoms with Crippen molar-refractivity contribution in [2.24, 2.45) is 0 Å². The van der Waals surface area contributed by atoms with E-state index < -0.39 is 0 Å². The Bertz CT molecular complexity index is 811. The fraction of sp³-hybridized carbons (Fsp3) is 0.0769. The molecule has 0 spiro atoms. The molecule has 0 aliphatic rings. The van der Waals surface area contributed by atoms with Crippen LogP contribution in [0.1, 0.15) is 5.56 Å². The molecule has 90 valence electrons. The number of fused-ring (bicyclic) bond motifs is 3. The van der Waals surface area contributed by atoms with E-state index in [1.165, 1.54) is 0 Å². The summed E-state index contributed by atoms with van der Waals surface area (Å²) < 4.78 is 0.455. The summed E-state index contributed by atoms with van der Waals surface area (Å²) in [6.07, 6.45) is 0. The number of rotatable bonds is 1. The molecule has 0 saturated heterocycles. The molecular weight excluding hydrogens is 360 g/mol. The molecule has 3 aromatic rings. The topological polar surface area (TPSA) is 45.8 Å². The minimum absolute atomic E-state index is 0.121. The van der Waals surface area contributed by atoms with Crippen LogP contribution in [0.4, 0.5) is 0 Å². The molecular formula is C13H8Br2N2O. The molecule has 0 saturated carbocycles. The normalized spacial score (nSPS) is 11.2. The average Bonchev–Trinajstić information content (AvgIpc) is 2.36. The Morgan fingerprint density at radius 3 is 2.78 bits per heavy atom. The summed E-state index contributed by atoms with van der Waals surface area (Å²) in [7, 11) is 0. The van der Waals surface area contributed by atoms with Crippen LogP contribution in [0.25, 0.3) is 21.7 Å². The summed E-state index contributed by atoms with van der Waals surface area (Å²) in [6.45, 7) is 0. The Morgan fingerprint density at radius 1 is 1.22 bits per heavy atom. The second-order valence-electron chi connectivity index (χ2n) is 4.01. The van der Waals surface area contributed by atoms with Crippen molar-refractivity contribution >= 4 is 53.5 Å². The highest BCUT2D eigenvalue weighted by atomic mass is 79.9. The predicted molar refractivity (Wildman–Crippen MR) is 80.2 cm³/mol. The van der Waals surface area contributed by atoms with E-state index in [2.05, 4.69) is 41.8 Å². The number of aromatic nitrogens is 2. The van der Waals surface area contributed by atoms with E-state index >= 15 is 0 Å². The van der Waals surface area contributed by atoms with Gasteiger partial charge < -0.3 is 4.98 Å². The van der Waals surface area contributed by atoms with Gasteiger partial charge in [-0.25, -0.2) is 4.98 Å². The second kappa shape index (κ2) is 4.48. The highest BCUT2D eigenvalue weighted by Gasteiger charge is 2.07. The molecule has 18 heavy (non-hydrogen) atoms. The van der Waals surface area contributed by atoms with E-state index in [0.29, 0.717) is 15.6 Å². The van der Waals surface area contributed by atoms with E-state index in [1.54, 1.807) is 0 Å². The van der Waals surface area contributed by atoms with Gasteiger partial charge >= 0.3 is 0 Å². The van der Waals surface area contributed by atoms with Crippen LogP contribution in [0.5, 0.6) is 0 Å². The third kappa shape index (κ3) is 1.87. The van der Waals surface area contributed by atoms with Crippen molar-refractivity contribution < 1.29 is 0 Å². The van der Waals surface area contributed by atoms with Crippen LogP contribution < -0.4 is 5.56 Å². The molecule has 1 aromatic heterocycles. The molecule has 0 bridgehead atoms. The number of H-pyrrole nitrogens is 1. The summed E-state index contributed by atoms with van der Waals surface area (Å²) >= 11 is 6.63. The molecule has 0 aliphatic carbocycles. The zero-order chi connectivity index (χ0) is 12.7. The zero-order valence-electron chi connectivity index (χ0n) is 9.21. The van der Waals surface area contributed by atoms with Crippen LogP contribution in [0.2, 0.25) is 0 Å². The zero-order valence-corrected chi connectivity index (χ0v) is 12.4. The number of aromatic amines is 1. The van der Waals surface area contributed by atoms with E-state index in [4.69, 9.17) is 0 Å².